The molecule has 2 fully saturated rings. The van der Waals surface area contributed by atoms with Crippen LogP contribution >= 0.6 is 0 Å². The van der Waals surface area contributed by atoms with Crippen LogP contribution in [0.2, 0.25) is 0 Å². The molecule has 2 N–H and O–H groups in total. The van der Waals surface area contributed by atoms with Crippen LogP contribution in [-0.4, -0.2) is 33.5 Å². The van der Waals surface area contributed by atoms with Gasteiger partial charge in [-0.25, -0.2) is 5.01 Å². The van der Waals surface area contributed by atoms with Crippen LogP contribution < -0.4 is 5.43 Å². The monoisotopic (exact) mass is 435 g/mol. The Labute approximate surface area is 191 Å². The summed E-state index contributed by atoms with van der Waals surface area (Å²) in [5.41, 5.74) is 7.12. The van der Waals surface area contributed by atoms with Gasteiger partial charge in [0, 0.05) is 35.5 Å². The van der Waals surface area contributed by atoms with Gasteiger partial charge in [0.1, 0.15) is 12.0 Å². The number of aromatic nitrogens is 3. The summed E-state index contributed by atoms with van der Waals surface area (Å²) in [6.07, 6.45) is 16.7. The van der Waals surface area contributed by atoms with Crippen molar-refractivity contribution >= 4 is 10.9 Å². The molecule has 2 aromatic heterocycles. The normalized spacial score (nSPS) is 27.1. The molecule has 3 heterocycles. The van der Waals surface area contributed by atoms with E-state index >= 15 is 0 Å². The van der Waals surface area contributed by atoms with E-state index in [0.29, 0.717) is 5.92 Å². The van der Waals surface area contributed by atoms with Gasteiger partial charge in [0.2, 0.25) is 0 Å². The number of hydrogen-bond donors (Lipinski definition) is 2. The summed E-state index contributed by atoms with van der Waals surface area (Å²) in [6.45, 7) is 2.05. The number of para-hydroxylation sites is 1. The lowest BCUT2D eigenvalue weighted by Crippen LogP contribution is -2.57. The van der Waals surface area contributed by atoms with Gasteiger partial charge in [0.05, 0.1) is 5.54 Å². The molecule has 0 amide bonds. The van der Waals surface area contributed by atoms with Crippen molar-refractivity contribution in [2.75, 3.05) is 13.1 Å². The van der Waals surface area contributed by atoms with Gasteiger partial charge >= 0.3 is 0 Å². The largest absolute Gasteiger partial charge is 0.358 e. The van der Waals surface area contributed by atoms with Crippen LogP contribution in [-0.2, 0) is 5.54 Å². The number of fused-ring (bicyclic) bond motifs is 1. The number of benzene rings is 1. The van der Waals surface area contributed by atoms with Crippen LogP contribution in [0.15, 0.2) is 41.1 Å². The van der Waals surface area contributed by atoms with Crippen molar-refractivity contribution in [1.29, 1.82) is 0 Å². The Morgan fingerprint density at radius 3 is 2.62 bits per heavy atom. The maximum absolute atomic E-state index is 5.38. The maximum atomic E-state index is 5.38. The summed E-state index contributed by atoms with van der Waals surface area (Å²) in [4.78, 5) is 3.80. The van der Waals surface area contributed by atoms with Crippen LogP contribution in [0.25, 0.3) is 10.9 Å². The first-order valence-electron chi connectivity index (χ1n) is 12.7. The third kappa shape index (κ3) is 4.35. The van der Waals surface area contributed by atoms with Gasteiger partial charge in [-0.15, -0.1) is 5.10 Å². The molecule has 32 heavy (non-hydrogen) atoms. The molecule has 1 saturated carbocycles. The minimum absolute atomic E-state index is 0.268. The molecular weight excluding hydrogens is 398 g/mol. The summed E-state index contributed by atoms with van der Waals surface area (Å²) in [5, 5.41) is 12.4. The molecule has 0 spiro atoms. The first-order valence-corrected chi connectivity index (χ1v) is 12.7. The smallest absolute Gasteiger partial charge is 0.149 e. The van der Waals surface area contributed by atoms with E-state index in [9.17, 15) is 0 Å². The molecule has 1 saturated heterocycles. The van der Waals surface area contributed by atoms with Crippen molar-refractivity contribution in [3.63, 3.8) is 0 Å². The molecule has 0 bridgehead atoms. The average molecular weight is 436 g/mol. The summed E-state index contributed by atoms with van der Waals surface area (Å²) in [6, 6.07) is 11.0. The molecule has 1 aliphatic heterocycles. The van der Waals surface area contributed by atoms with Gasteiger partial charge in [0.15, 0.2) is 0 Å². The lowest BCUT2D eigenvalue weighted by molar-refractivity contribution is -0.00876. The number of hydrazine groups is 1. The van der Waals surface area contributed by atoms with Crippen LogP contribution in [0.3, 0.4) is 0 Å². The molecule has 5 rings (SSSR count). The molecule has 1 aromatic carbocycles. The highest BCUT2D eigenvalue weighted by Gasteiger charge is 2.48. The van der Waals surface area contributed by atoms with Crippen molar-refractivity contribution in [2.24, 2.45) is 0 Å². The molecule has 0 radical (unpaired) electrons. The van der Waals surface area contributed by atoms with E-state index in [4.69, 9.17) is 4.52 Å². The number of aromatic amines is 1. The van der Waals surface area contributed by atoms with Crippen LogP contribution in [0, 0.1) is 0 Å². The maximum Gasteiger partial charge on any atom is 0.149 e. The fourth-order valence-electron chi connectivity index (χ4n) is 6.06. The quantitative estimate of drug-likeness (QED) is 0.524. The van der Waals surface area contributed by atoms with Gasteiger partial charge in [0.25, 0.3) is 0 Å². The SMILES string of the molecule is c1ccc2[nH]c(C3CCCCCCCC3(c3conn3)N3CCCCCCCN3)cc2c1. The number of rotatable bonds is 3. The van der Waals surface area contributed by atoms with Gasteiger partial charge in [-0.1, -0.05) is 69.6 Å². The Hall–Kier alpha value is -2.18. The van der Waals surface area contributed by atoms with Gasteiger partial charge < -0.3 is 9.51 Å². The minimum atomic E-state index is -0.268. The first-order chi connectivity index (χ1) is 15.9. The second-order valence-corrected chi connectivity index (χ2v) is 9.71. The Bertz CT molecular complexity index is 925. The molecule has 2 unspecified atom stereocenters. The van der Waals surface area contributed by atoms with E-state index in [1.807, 2.05) is 6.26 Å². The van der Waals surface area contributed by atoms with Crippen molar-refractivity contribution in [2.45, 2.75) is 88.5 Å². The molecular formula is C26H37N5O. The molecule has 6 nitrogen and oxygen atoms in total. The molecule has 2 aliphatic rings. The Kier molecular flexibility index (Phi) is 6.89. The zero-order valence-corrected chi connectivity index (χ0v) is 19.2. The van der Waals surface area contributed by atoms with Crippen molar-refractivity contribution < 1.29 is 4.52 Å². The van der Waals surface area contributed by atoms with Crippen LogP contribution in [0.4, 0.5) is 0 Å². The summed E-state index contributed by atoms with van der Waals surface area (Å²) in [7, 11) is 0. The van der Waals surface area contributed by atoms with E-state index < -0.39 is 0 Å². The van der Waals surface area contributed by atoms with E-state index in [-0.39, 0.29) is 5.54 Å². The second kappa shape index (κ2) is 10.2. The highest BCUT2D eigenvalue weighted by atomic mass is 16.5. The minimum Gasteiger partial charge on any atom is -0.358 e. The predicted octanol–water partition coefficient (Wildman–Crippen LogP) is 6.05. The lowest BCUT2D eigenvalue weighted by atomic mass is 9.73. The van der Waals surface area contributed by atoms with Gasteiger partial charge in [-0.2, -0.15) is 0 Å². The Balaban J connectivity index is 1.64. The van der Waals surface area contributed by atoms with Crippen LogP contribution in [0.1, 0.15) is 94.4 Å². The number of hydrogen-bond acceptors (Lipinski definition) is 5. The van der Waals surface area contributed by atoms with E-state index in [0.717, 1.165) is 31.6 Å². The molecule has 3 aromatic rings. The predicted molar refractivity (Wildman–Crippen MR) is 127 cm³/mol. The fraction of sp³-hybridized carbons (Fsp3) is 0.615. The van der Waals surface area contributed by atoms with Crippen molar-refractivity contribution in [1.82, 2.24) is 25.8 Å². The summed E-state index contributed by atoms with van der Waals surface area (Å²) in [5.74, 6) is 0.299. The van der Waals surface area contributed by atoms with E-state index in [1.54, 1.807) is 0 Å². The van der Waals surface area contributed by atoms with Crippen LogP contribution in [0.5, 0.6) is 0 Å². The third-order valence-electron chi connectivity index (χ3n) is 7.70. The zero-order chi connectivity index (χ0) is 21.6. The lowest BCUT2D eigenvalue weighted by Gasteiger charge is -2.47. The third-order valence-corrected chi connectivity index (χ3v) is 7.70. The molecule has 1 aliphatic carbocycles. The second-order valence-electron chi connectivity index (χ2n) is 9.71. The van der Waals surface area contributed by atoms with Crippen molar-refractivity contribution in [3.05, 3.63) is 48.0 Å². The van der Waals surface area contributed by atoms with E-state index in [2.05, 4.69) is 56.1 Å². The highest BCUT2D eigenvalue weighted by Crippen LogP contribution is 2.48. The molecule has 2 atom stereocenters. The fourth-order valence-corrected chi connectivity index (χ4v) is 6.06. The molecule has 172 valence electrons. The number of nitrogens with zero attached hydrogens (tertiary/aromatic N) is 3. The standard InChI is InChI=1S/C26H37N5O/c1-3-7-14-22(24-19-21-13-8-9-15-23(21)28-24)26(16-10-4-1,25-20-32-30-29-25)31-18-12-6-2-5-11-17-27-31/h8-9,13,15,19-20,22,27-28H,1-7,10-12,14,16-18H2. The van der Waals surface area contributed by atoms with Gasteiger partial charge in [-0.05, 0) is 43.2 Å². The topological polar surface area (TPSA) is 70.0 Å². The highest BCUT2D eigenvalue weighted by molar-refractivity contribution is 5.80. The first kappa shape index (κ1) is 21.7. The Morgan fingerprint density at radius 2 is 1.75 bits per heavy atom. The number of nitrogens with one attached hydrogen (secondary N) is 2. The van der Waals surface area contributed by atoms with Crippen molar-refractivity contribution in [3.8, 4) is 0 Å². The van der Waals surface area contributed by atoms with E-state index in [1.165, 1.54) is 80.8 Å². The zero-order valence-electron chi connectivity index (χ0n) is 19.2. The summed E-state index contributed by atoms with van der Waals surface area (Å²) < 4.78 is 5.38. The van der Waals surface area contributed by atoms with Gasteiger partial charge in [-0.3, -0.25) is 5.43 Å². The Morgan fingerprint density at radius 1 is 0.938 bits per heavy atom. The number of H-pyrrole nitrogens is 1. The average Bonchev–Trinajstić information content (AvgIpc) is 3.52. The summed E-state index contributed by atoms with van der Waals surface area (Å²) >= 11 is 0. The molecule has 6 heteroatoms.